The van der Waals surface area contributed by atoms with Crippen LogP contribution < -0.4 is 11.3 Å². The Morgan fingerprint density at radius 1 is 1.56 bits per heavy atom. The lowest BCUT2D eigenvalue weighted by atomic mass is 10.0. The molecule has 1 heterocycles. The van der Waals surface area contributed by atoms with Crippen LogP contribution in [0.3, 0.4) is 0 Å². The van der Waals surface area contributed by atoms with Gasteiger partial charge in [-0.1, -0.05) is 17.7 Å². The SMILES string of the molecule is Cc1nc(CC(NN)c2ccc(F)c(Cl)c2)cs1. The molecule has 0 amide bonds. The molecule has 1 unspecified atom stereocenters. The molecule has 0 fully saturated rings. The van der Waals surface area contributed by atoms with Crippen molar-refractivity contribution in [2.45, 2.75) is 19.4 Å². The molecule has 0 radical (unpaired) electrons. The Hall–Kier alpha value is -1.01. The van der Waals surface area contributed by atoms with Crippen LogP contribution in [0.15, 0.2) is 23.6 Å². The average Bonchev–Trinajstić information content (AvgIpc) is 2.75. The molecule has 0 aliphatic heterocycles. The van der Waals surface area contributed by atoms with Gasteiger partial charge in [-0.15, -0.1) is 11.3 Å². The van der Waals surface area contributed by atoms with Gasteiger partial charge in [-0.25, -0.2) is 9.37 Å². The standard InChI is InChI=1S/C12H13ClFN3S/c1-7-16-9(6-18-7)5-12(17-15)8-2-3-11(14)10(13)4-8/h2-4,6,12,17H,5,15H2,1H3. The number of halogens is 2. The molecular weight excluding hydrogens is 273 g/mol. The number of nitrogens with two attached hydrogens (primary N) is 1. The summed E-state index contributed by atoms with van der Waals surface area (Å²) in [6.45, 7) is 1.95. The maximum atomic E-state index is 13.1. The molecule has 0 saturated heterocycles. The zero-order valence-electron chi connectivity index (χ0n) is 9.78. The second-order valence-electron chi connectivity index (χ2n) is 3.95. The summed E-state index contributed by atoms with van der Waals surface area (Å²) in [5, 5.41) is 3.10. The van der Waals surface area contributed by atoms with Gasteiger partial charge >= 0.3 is 0 Å². The second-order valence-corrected chi connectivity index (χ2v) is 5.42. The van der Waals surface area contributed by atoms with E-state index >= 15 is 0 Å². The van der Waals surface area contributed by atoms with Crippen molar-refractivity contribution in [3.63, 3.8) is 0 Å². The molecule has 0 spiro atoms. The molecule has 0 aliphatic carbocycles. The minimum atomic E-state index is -0.430. The van der Waals surface area contributed by atoms with Gasteiger partial charge in [0.25, 0.3) is 0 Å². The molecule has 18 heavy (non-hydrogen) atoms. The van der Waals surface area contributed by atoms with Crippen molar-refractivity contribution in [2.24, 2.45) is 5.84 Å². The van der Waals surface area contributed by atoms with Crippen LogP contribution in [0.4, 0.5) is 4.39 Å². The Balaban J connectivity index is 2.19. The van der Waals surface area contributed by atoms with Crippen LogP contribution in [0, 0.1) is 12.7 Å². The molecule has 0 aliphatic rings. The molecule has 3 nitrogen and oxygen atoms in total. The van der Waals surface area contributed by atoms with Gasteiger partial charge in [0.15, 0.2) is 0 Å². The van der Waals surface area contributed by atoms with E-state index in [-0.39, 0.29) is 11.1 Å². The van der Waals surface area contributed by atoms with Crippen LogP contribution in [0.2, 0.25) is 5.02 Å². The average molecular weight is 286 g/mol. The first-order chi connectivity index (χ1) is 8.60. The summed E-state index contributed by atoms with van der Waals surface area (Å²) in [6.07, 6.45) is 0.642. The number of aryl methyl sites for hydroxylation is 1. The van der Waals surface area contributed by atoms with E-state index in [9.17, 15) is 4.39 Å². The van der Waals surface area contributed by atoms with E-state index in [2.05, 4.69) is 10.4 Å². The molecule has 96 valence electrons. The van der Waals surface area contributed by atoms with Crippen LogP contribution in [0.5, 0.6) is 0 Å². The lowest BCUT2D eigenvalue weighted by Gasteiger charge is -2.15. The Kier molecular flexibility index (Phi) is 4.29. The van der Waals surface area contributed by atoms with Gasteiger partial charge in [-0.3, -0.25) is 11.3 Å². The first-order valence-electron chi connectivity index (χ1n) is 5.42. The number of nitrogens with zero attached hydrogens (tertiary/aromatic N) is 1. The highest BCUT2D eigenvalue weighted by molar-refractivity contribution is 7.09. The van der Waals surface area contributed by atoms with E-state index in [0.29, 0.717) is 6.42 Å². The van der Waals surface area contributed by atoms with Crippen molar-refractivity contribution in [2.75, 3.05) is 0 Å². The summed E-state index contributed by atoms with van der Waals surface area (Å²) < 4.78 is 13.1. The smallest absolute Gasteiger partial charge is 0.141 e. The lowest BCUT2D eigenvalue weighted by Crippen LogP contribution is -2.29. The first-order valence-corrected chi connectivity index (χ1v) is 6.68. The fourth-order valence-electron chi connectivity index (χ4n) is 1.71. The summed E-state index contributed by atoms with van der Waals surface area (Å²) in [6, 6.07) is 4.46. The van der Waals surface area contributed by atoms with Crippen LogP contribution >= 0.6 is 22.9 Å². The van der Waals surface area contributed by atoms with E-state index in [1.165, 1.54) is 6.07 Å². The van der Waals surface area contributed by atoms with Crippen molar-refractivity contribution >= 4 is 22.9 Å². The molecule has 2 aromatic rings. The van der Waals surface area contributed by atoms with Gasteiger partial charge in [0.1, 0.15) is 5.82 Å². The monoisotopic (exact) mass is 285 g/mol. The van der Waals surface area contributed by atoms with Gasteiger partial charge in [0.05, 0.1) is 21.8 Å². The second kappa shape index (κ2) is 5.75. The van der Waals surface area contributed by atoms with E-state index in [1.54, 1.807) is 23.5 Å². The molecule has 1 atom stereocenters. The maximum Gasteiger partial charge on any atom is 0.141 e. The molecule has 6 heteroatoms. The number of hydrazine groups is 1. The Labute approximate surface area is 114 Å². The van der Waals surface area contributed by atoms with Crippen molar-refractivity contribution < 1.29 is 4.39 Å². The molecule has 3 N–H and O–H groups in total. The van der Waals surface area contributed by atoms with Gasteiger partial charge < -0.3 is 0 Å². The fraction of sp³-hybridized carbons (Fsp3) is 0.250. The van der Waals surface area contributed by atoms with Crippen molar-refractivity contribution in [3.05, 3.63) is 50.7 Å². The molecule has 0 bridgehead atoms. The normalized spacial score (nSPS) is 12.7. The third kappa shape index (κ3) is 3.05. The zero-order chi connectivity index (χ0) is 13.1. The van der Waals surface area contributed by atoms with Gasteiger partial charge in [0, 0.05) is 11.8 Å². The number of benzene rings is 1. The van der Waals surface area contributed by atoms with Crippen molar-refractivity contribution in [1.29, 1.82) is 0 Å². The minimum Gasteiger partial charge on any atom is -0.271 e. The predicted molar refractivity (Wildman–Crippen MR) is 72.0 cm³/mol. The number of rotatable bonds is 4. The van der Waals surface area contributed by atoms with E-state index in [0.717, 1.165) is 16.3 Å². The van der Waals surface area contributed by atoms with Crippen molar-refractivity contribution in [1.82, 2.24) is 10.4 Å². The number of hydrogen-bond acceptors (Lipinski definition) is 4. The highest BCUT2D eigenvalue weighted by atomic mass is 35.5. The summed E-state index contributed by atoms with van der Waals surface area (Å²) >= 11 is 7.36. The lowest BCUT2D eigenvalue weighted by molar-refractivity contribution is 0.544. The number of nitrogens with one attached hydrogen (secondary N) is 1. The number of thiazole rings is 1. The molecule has 0 saturated carbocycles. The summed E-state index contributed by atoms with van der Waals surface area (Å²) in [4.78, 5) is 4.38. The summed E-state index contributed by atoms with van der Waals surface area (Å²) in [5.74, 6) is 5.11. The summed E-state index contributed by atoms with van der Waals surface area (Å²) in [7, 11) is 0. The van der Waals surface area contributed by atoms with Crippen LogP contribution in [0.25, 0.3) is 0 Å². The Bertz CT molecular complexity index is 544. The Morgan fingerprint density at radius 2 is 2.33 bits per heavy atom. The van der Waals surface area contributed by atoms with Gasteiger partial charge in [0.2, 0.25) is 0 Å². The van der Waals surface area contributed by atoms with Crippen LogP contribution in [-0.4, -0.2) is 4.98 Å². The highest BCUT2D eigenvalue weighted by Gasteiger charge is 2.14. The van der Waals surface area contributed by atoms with E-state index in [4.69, 9.17) is 17.4 Å². The molecular formula is C12H13ClFN3S. The van der Waals surface area contributed by atoms with E-state index < -0.39 is 5.82 Å². The van der Waals surface area contributed by atoms with E-state index in [1.807, 2.05) is 12.3 Å². The largest absolute Gasteiger partial charge is 0.271 e. The maximum absolute atomic E-state index is 13.1. The Morgan fingerprint density at radius 3 is 2.89 bits per heavy atom. The third-order valence-electron chi connectivity index (χ3n) is 2.63. The minimum absolute atomic E-state index is 0.0993. The van der Waals surface area contributed by atoms with Crippen LogP contribution in [-0.2, 0) is 6.42 Å². The third-order valence-corrected chi connectivity index (χ3v) is 3.74. The molecule has 1 aromatic heterocycles. The quantitative estimate of drug-likeness (QED) is 0.671. The topological polar surface area (TPSA) is 50.9 Å². The molecule has 2 rings (SSSR count). The zero-order valence-corrected chi connectivity index (χ0v) is 11.4. The predicted octanol–water partition coefficient (Wildman–Crippen LogP) is 2.99. The number of aromatic nitrogens is 1. The van der Waals surface area contributed by atoms with Crippen molar-refractivity contribution in [3.8, 4) is 0 Å². The van der Waals surface area contributed by atoms with Crippen LogP contribution in [0.1, 0.15) is 22.3 Å². The first kappa shape index (κ1) is 13.4. The molecule has 1 aromatic carbocycles. The fourth-order valence-corrected chi connectivity index (χ4v) is 2.53. The van der Waals surface area contributed by atoms with Gasteiger partial charge in [-0.05, 0) is 24.6 Å². The van der Waals surface area contributed by atoms with Gasteiger partial charge in [-0.2, -0.15) is 0 Å². The summed E-state index contributed by atoms with van der Waals surface area (Å²) in [5.41, 5.74) is 4.51. The number of hydrogen-bond donors (Lipinski definition) is 2. The highest BCUT2D eigenvalue weighted by Crippen LogP contribution is 2.23.